The van der Waals surface area contributed by atoms with E-state index in [1.807, 2.05) is 24.3 Å². The molecule has 0 spiro atoms. The lowest BCUT2D eigenvalue weighted by Crippen LogP contribution is -2.30. The summed E-state index contributed by atoms with van der Waals surface area (Å²) < 4.78 is 13.0. The fraction of sp³-hybridized carbons (Fsp3) is 0.133. The van der Waals surface area contributed by atoms with Crippen molar-refractivity contribution in [3.8, 4) is 0 Å². The summed E-state index contributed by atoms with van der Waals surface area (Å²) in [6.45, 7) is 0.697. The standard InChI is InChI=1S/C15H14ClFN2S/c16-12-6-4-11(5-7-12)8-9-18-15(20)19-14-3-1-2-13(17)10-14/h1-7,10H,8-9H2,(H2,18,19,20). The average molecular weight is 309 g/mol. The molecule has 0 fully saturated rings. The molecule has 0 aliphatic rings. The lowest BCUT2D eigenvalue weighted by Gasteiger charge is -2.10. The van der Waals surface area contributed by atoms with Crippen molar-refractivity contribution in [2.75, 3.05) is 11.9 Å². The minimum atomic E-state index is -0.293. The van der Waals surface area contributed by atoms with E-state index < -0.39 is 0 Å². The van der Waals surface area contributed by atoms with Crippen LogP contribution in [0, 0.1) is 5.82 Å². The topological polar surface area (TPSA) is 24.1 Å². The van der Waals surface area contributed by atoms with Crippen LogP contribution in [0.4, 0.5) is 10.1 Å². The highest BCUT2D eigenvalue weighted by atomic mass is 35.5. The van der Waals surface area contributed by atoms with E-state index in [4.69, 9.17) is 23.8 Å². The van der Waals surface area contributed by atoms with Crippen LogP contribution in [-0.4, -0.2) is 11.7 Å². The number of nitrogens with one attached hydrogen (secondary N) is 2. The molecular formula is C15H14ClFN2S. The predicted octanol–water partition coefficient (Wildman–Crippen LogP) is 4.01. The molecule has 2 aromatic rings. The van der Waals surface area contributed by atoms with Crippen molar-refractivity contribution in [3.63, 3.8) is 0 Å². The van der Waals surface area contributed by atoms with Crippen molar-refractivity contribution < 1.29 is 4.39 Å². The third kappa shape index (κ3) is 4.79. The Morgan fingerprint density at radius 1 is 1.15 bits per heavy atom. The Morgan fingerprint density at radius 2 is 1.90 bits per heavy atom. The van der Waals surface area contributed by atoms with Gasteiger partial charge in [-0.25, -0.2) is 4.39 Å². The van der Waals surface area contributed by atoms with Crippen LogP contribution in [0.1, 0.15) is 5.56 Å². The minimum Gasteiger partial charge on any atom is -0.362 e. The zero-order chi connectivity index (χ0) is 14.4. The van der Waals surface area contributed by atoms with Gasteiger partial charge in [-0.15, -0.1) is 0 Å². The number of anilines is 1. The Kier molecular flexibility index (Phi) is 5.32. The van der Waals surface area contributed by atoms with Gasteiger partial charge in [0.05, 0.1) is 0 Å². The number of rotatable bonds is 4. The Balaban J connectivity index is 1.76. The normalized spacial score (nSPS) is 10.1. The highest BCUT2D eigenvalue weighted by molar-refractivity contribution is 7.80. The molecule has 0 atom stereocenters. The quantitative estimate of drug-likeness (QED) is 0.835. The van der Waals surface area contributed by atoms with Gasteiger partial charge in [-0.3, -0.25) is 0 Å². The maximum atomic E-state index is 13.0. The summed E-state index contributed by atoms with van der Waals surface area (Å²) in [5.41, 5.74) is 1.81. The molecule has 2 rings (SSSR count). The van der Waals surface area contributed by atoms with Crippen LogP contribution >= 0.6 is 23.8 Å². The lowest BCUT2D eigenvalue weighted by atomic mass is 10.1. The van der Waals surface area contributed by atoms with Gasteiger partial charge in [-0.1, -0.05) is 29.8 Å². The van der Waals surface area contributed by atoms with Gasteiger partial charge >= 0.3 is 0 Å². The van der Waals surface area contributed by atoms with E-state index in [0.717, 1.165) is 11.4 Å². The lowest BCUT2D eigenvalue weighted by molar-refractivity contribution is 0.628. The number of hydrogen-bond acceptors (Lipinski definition) is 1. The van der Waals surface area contributed by atoms with E-state index in [2.05, 4.69) is 10.6 Å². The van der Waals surface area contributed by atoms with Gasteiger partial charge in [0.15, 0.2) is 5.11 Å². The molecule has 104 valence electrons. The van der Waals surface area contributed by atoms with Crippen LogP contribution in [0.25, 0.3) is 0 Å². The zero-order valence-electron chi connectivity index (χ0n) is 10.7. The summed E-state index contributed by atoms with van der Waals surface area (Å²) in [7, 11) is 0. The van der Waals surface area contributed by atoms with Gasteiger partial charge in [0.1, 0.15) is 5.82 Å². The second kappa shape index (κ2) is 7.22. The SMILES string of the molecule is Fc1cccc(NC(=S)NCCc2ccc(Cl)cc2)c1. The molecule has 2 aromatic carbocycles. The van der Waals surface area contributed by atoms with Crippen molar-refractivity contribution in [3.05, 3.63) is 64.9 Å². The second-order valence-electron chi connectivity index (χ2n) is 4.27. The molecule has 0 aliphatic heterocycles. The fourth-order valence-corrected chi connectivity index (χ4v) is 2.06. The van der Waals surface area contributed by atoms with Crippen molar-refractivity contribution in [1.82, 2.24) is 5.32 Å². The molecule has 0 amide bonds. The van der Waals surface area contributed by atoms with Gasteiger partial charge < -0.3 is 10.6 Å². The van der Waals surface area contributed by atoms with E-state index in [-0.39, 0.29) is 5.82 Å². The van der Waals surface area contributed by atoms with E-state index >= 15 is 0 Å². The minimum absolute atomic E-state index is 0.293. The Bertz CT molecular complexity index is 587. The smallest absolute Gasteiger partial charge is 0.170 e. The second-order valence-corrected chi connectivity index (χ2v) is 5.11. The zero-order valence-corrected chi connectivity index (χ0v) is 12.3. The first kappa shape index (κ1) is 14.8. The molecule has 2 nitrogen and oxygen atoms in total. The number of thiocarbonyl (C=S) groups is 1. The maximum Gasteiger partial charge on any atom is 0.170 e. The van der Waals surface area contributed by atoms with Crippen LogP contribution < -0.4 is 10.6 Å². The molecular weight excluding hydrogens is 295 g/mol. The van der Waals surface area contributed by atoms with Crippen LogP contribution in [0.15, 0.2) is 48.5 Å². The maximum absolute atomic E-state index is 13.0. The van der Waals surface area contributed by atoms with Crippen molar-refractivity contribution in [2.45, 2.75) is 6.42 Å². The first-order chi connectivity index (χ1) is 9.63. The first-order valence-corrected chi connectivity index (χ1v) is 6.97. The average Bonchev–Trinajstić information content (AvgIpc) is 2.41. The first-order valence-electron chi connectivity index (χ1n) is 6.18. The van der Waals surface area contributed by atoms with E-state index in [1.165, 1.54) is 17.7 Å². The number of benzene rings is 2. The van der Waals surface area contributed by atoms with Gasteiger partial charge in [0, 0.05) is 17.3 Å². The molecule has 0 aromatic heterocycles. The molecule has 0 saturated carbocycles. The van der Waals surface area contributed by atoms with Crippen LogP contribution in [0.2, 0.25) is 5.02 Å². The molecule has 0 radical (unpaired) electrons. The summed E-state index contributed by atoms with van der Waals surface area (Å²) in [5.74, 6) is -0.293. The largest absolute Gasteiger partial charge is 0.362 e. The molecule has 0 unspecified atom stereocenters. The molecule has 0 saturated heterocycles. The molecule has 20 heavy (non-hydrogen) atoms. The highest BCUT2D eigenvalue weighted by Crippen LogP contribution is 2.10. The Labute approximate surface area is 128 Å². The molecule has 0 heterocycles. The third-order valence-electron chi connectivity index (χ3n) is 2.69. The van der Waals surface area contributed by atoms with Gasteiger partial charge in [-0.2, -0.15) is 0 Å². The van der Waals surface area contributed by atoms with Crippen LogP contribution in [0.5, 0.6) is 0 Å². The summed E-state index contributed by atoms with van der Waals surface area (Å²) in [4.78, 5) is 0. The highest BCUT2D eigenvalue weighted by Gasteiger charge is 1.99. The van der Waals surface area contributed by atoms with Crippen molar-refractivity contribution >= 4 is 34.6 Å². The van der Waals surface area contributed by atoms with Gasteiger partial charge in [0.2, 0.25) is 0 Å². The molecule has 0 aliphatic carbocycles. The van der Waals surface area contributed by atoms with E-state index in [0.29, 0.717) is 17.3 Å². The van der Waals surface area contributed by atoms with Gasteiger partial charge in [-0.05, 0) is 54.5 Å². The van der Waals surface area contributed by atoms with Gasteiger partial charge in [0.25, 0.3) is 0 Å². The molecule has 2 N–H and O–H groups in total. The summed E-state index contributed by atoms with van der Waals surface area (Å²) in [6.07, 6.45) is 0.835. The monoisotopic (exact) mass is 308 g/mol. The molecule has 5 heteroatoms. The van der Waals surface area contributed by atoms with Crippen LogP contribution in [-0.2, 0) is 6.42 Å². The predicted molar refractivity (Wildman–Crippen MR) is 85.8 cm³/mol. The summed E-state index contributed by atoms with van der Waals surface area (Å²) >= 11 is 11.0. The van der Waals surface area contributed by atoms with Crippen molar-refractivity contribution in [1.29, 1.82) is 0 Å². The number of halogens is 2. The molecule has 0 bridgehead atoms. The van der Waals surface area contributed by atoms with Crippen molar-refractivity contribution in [2.24, 2.45) is 0 Å². The third-order valence-corrected chi connectivity index (χ3v) is 3.19. The Morgan fingerprint density at radius 3 is 2.60 bits per heavy atom. The van der Waals surface area contributed by atoms with E-state index in [9.17, 15) is 4.39 Å². The fourth-order valence-electron chi connectivity index (χ4n) is 1.71. The summed E-state index contributed by atoms with van der Waals surface area (Å²) in [5, 5.41) is 7.22. The van der Waals surface area contributed by atoms with Crippen LogP contribution in [0.3, 0.4) is 0 Å². The number of hydrogen-bond donors (Lipinski definition) is 2. The Hall–Kier alpha value is -1.65. The van der Waals surface area contributed by atoms with E-state index in [1.54, 1.807) is 12.1 Å². The summed E-state index contributed by atoms with van der Waals surface area (Å²) in [6, 6.07) is 13.9.